The number of aromatic nitrogens is 2. The number of carbonyl (C=O) groups excluding carboxylic acids is 1. The Kier molecular flexibility index (Phi) is 5.51. The normalized spacial score (nSPS) is 16.5. The van der Waals surface area contributed by atoms with Gasteiger partial charge in [-0.25, -0.2) is 14.4 Å². The van der Waals surface area contributed by atoms with Crippen molar-refractivity contribution < 1.29 is 9.18 Å². The van der Waals surface area contributed by atoms with Crippen LogP contribution in [0.4, 0.5) is 16.0 Å². The monoisotopic (exact) mass is 390 g/mol. The maximum Gasteiger partial charge on any atom is 0.229 e. The van der Waals surface area contributed by atoms with E-state index in [-0.39, 0.29) is 17.6 Å². The average Bonchev–Trinajstić information content (AvgIpc) is 2.74. The van der Waals surface area contributed by atoms with Crippen LogP contribution in [0.3, 0.4) is 0 Å². The van der Waals surface area contributed by atoms with Crippen LogP contribution in [0.2, 0.25) is 0 Å². The van der Waals surface area contributed by atoms with Gasteiger partial charge in [-0.2, -0.15) is 0 Å². The Morgan fingerprint density at radius 2 is 1.90 bits per heavy atom. The fourth-order valence-corrected chi connectivity index (χ4v) is 3.64. The van der Waals surface area contributed by atoms with Crippen molar-refractivity contribution in [2.24, 2.45) is 5.92 Å². The van der Waals surface area contributed by atoms with Gasteiger partial charge in [0.15, 0.2) is 0 Å². The van der Waals surface area contributed by atoms with E-state index in [2.05, 4.69) is 15.3 Å². The Hall–Kier alpha value is -3.28. The molecule has 1 saturated heterocycles. The molecule has 1 amide bonds. The first-order chi connectivity index (χ1) is 14.1. The number of nitrogens with one attached hydrogen (secondary N) is 1. The summed E-state index contributed by atoms with van der Waals surface area (Å²) in [6.45, 7) is 3.40. The SMILES string of the molecule is Cc1cccc(NC(=O)[C@H]2CCCN(c3ncc(-c4cccc(F)c4)cn3)C2)c1. The molecule has 5 nitrogen and oxygen atoms in total. The number of anilines is 2. The second-order valence-electron chi connectivity index (χ2n) is 7.43. The first-order valence-electron chi connectivity index (χ1n) is 9.79. The quantitative estimate of drug-likeness (QED) is 0.715. The minimum absolute atomic E-state index is 0.0247. The first kappa shape index (κ1) is 19.1. The molecule has 2 aromatic carbocycles. The number of halogens is 1. The van der Waals surface area contributed by atoms with Crippen molar-refractivity contribution in [1.82, 2.24) is 9.97 Å². The molecule has 3 aromatic rings. The zero-order valence-electron chi connectivity index (χ0n) is 16.3. The number of piperidine rings is 1. The van der Waals surface area contributed by atoms with Gasteiger partial charge in [0.05, 0.1) is 5.92 Å². The van der Waals surface area contributed by atoms with Crippen molar-refractivity contribution in [2.75, 3.05) is 23.3 Å². The number of carbonyl (C=O) groups is 1. The van der Waals surface area contributed by atoms with Gasteiger partial charge in [0.2, 0.25) is 11.9 Å². The molecular formula is C23H23FN4O. The summed E-state index contributed by atoms with van der Waals surface area (Å²) in [5.41, 5.74) is 3.44. The number of nitrogens with zero attached hydrogens (tertiary/aromatic N) is 3. The van der Waals surface area contributed by atoms with E-state index in [1.165, 1.54) is 12.1 Å². The van der Waals surface area contributed by atoms with Gasteiger partial charge in [0.25, 0.3) is 0 Å². The number of aryl methyl sites for hydroxylation is 1. The van der Waals surface area contributed by atoms with Gasteiger partial charge in [-0.15, -0.1) is 0 Å². The molecule has 6 heteroatoms. The van der Waals surface area contributed by atoms with Gasteiger partial charge in [-0.05, 0) is 55.2 Å². The zero-order chi connectivity index (χ0) is 20.2. The molecule has 0 spiro atoms. The average molecular weight is 390 g/mol. The number of benzene rings is 2. The van der Waals surface area contributed by atoms with E-state index in [1.54, 1.807) is 18.5 Å². The molecule has 2 heterocycles. The lowest BCUT2D eigenvalue weighted by Crippen LogP contribution is -2.41. The molecule has 1 N–H and O–H groups in total. The number of hydrogen-bond donors (Lipinski definition) is 1. The largest absolute Gasteiger partial charge is 0.340 e. The third-order valence-electron chi connectivity index (χ3n) is 5.16. The standard InChI is InChI=1S/C23H23FN4O/c1-16-5-2-9-21(11-16)27-22(29)18-7-4-10-28(15-18)23-25-13-19(14-26-23)17-6-3-8-20(24)12-17/h2-3,5-6,8-9,11-14,18H,4,7,10,15H2,1H3,(H,27,29)/t18-/m0/s1. The van der Waals surface area contributed by atoms with Crippen LogP contribution in [0.1, 0.15) is 18.4 Å². The Morgan fingerprint density at radius 1 is 1.10 bits per heavy atom. The van der Waals surface area contributed by atoms with Crippen LogP contribution in [-0.2, 0) is 4.79 Å². The number of amides is 1. The van der Waals surface area contributed by atoms with E-state index in [0.29, 0.717) is 12.5 Å². The summed E-state index contributed by atoms with van der Waals surface area (Å²) in [5.74, 6) is 0.218. The van der Waals surface area contributed by atoms with E-state index >= 15 is 0 Å². The van der Waals surface area contributed by atoms with Crippen molar-refractivity contribution in [2.45, 2.75) is 19.8 Å². The lowest BCUT2D eigenvalue weighted by Gasteiger charge is -2.32. The second kappa shape index (κ2) is 8.39. The van der Waals surface area contributed by atoms with E-state index in [9.17, 15) is 9.18 Å². The van der Waals surface area contributed by atoms with Crippen LogP contribution in [0.5, 0.6) is 0 Å². The first-order valence-corrected chi connectivity index (χ1v) is 9.79. The summed E-state index contributed by atoms with van der Waals surface area (Å²) in [7, 11) is 0. The van der Waals surface area contributed by atoms with E-state index in [4.69, 9.17) is 0 Å². The molecule has 0 aliphatic carbocycles. The molecule has 1 fully saturated rings. The molecule has 0 unspecified atom stereocenters. The minimum Gasteiger partial charge on any atom is -0.340 e. The van der Waals surface area contributed by atoms with Crippen LogP contribution >= 0.6 is 0 Å². The predicted molar refractivity (Wildman–Crippen MR) is 112 cm³/mol. The summed E-state index contributed by atoms with van der Waals surface area (Å²) in [6.07, 6.45) is 5.15. The van der Waals surface area contributed by atoms with Crippen molar-refractivity contribution in [3.8, 4) is 11.1 Å². The maximum absolute atomic E-state index is 13.4. The van der Waals surface area contributed by atoms with Gasteiger partial charge in [0, 0.05) is 36.7 Å². The Labute approximate surface area is 169 Å². The van der Waals surface area contributed by atoms with Gasteiger partial charge in [-0.3, -0.25) is 4.79 Å². The molecule has 148 valence electrons. The van der Waals surface area contributed by atoms with Crippen molar-refractivity contribution in [1.29, 1.82) is 0 Å². The third-order valence-corrected chi connectivity index (χ3v) is 5.16. The van der Waals surface area contributed by atoms with Crippen LogP contribution in [0.15, 0.2) is 60.9 Å². The van der Waals surface area contributed by atoms with Gasteiger partial charge >= 0.3 is 0 Å². The fourth-order valence-electron chi connectivity index (χ4n) is 3.64. The molecule has 0 saturated carbocycles. The predicted octanol–water partition coefficient (Wildman–Crippen LogP) is 4.45. The fraction of sp³-hybridized carbons (Fsp3) is 0.261. The summed E-state index contributed by atoms with van der Waals surface area (Å²) in [5, 5.41) is 3.02. The smallest absolute Gasteiger partial charge is 0.229 e. The highest BCUT2D eigenvalue weighted by Gasteiger charge is 2.27. The molecule has 29 heavy (non-hydrogen) atoms. The van der Waals surface area contributed by atoms with Gasteiger partial charge in [-0.1, -0.05) is 24.3 Å². The molecular weight excluding hydrogens is 367 g/mol. The number of rotatable bonds is 4. The van der Waals surface area contributed by atoms with Crippen molar-refractivity contribution in [3.63, 3.8) is 0 Å². The Balaban J connectivity index is 1.43. The summed E-state index contributed by atoms with van der Waals surface area (Å²) < 4.78 is 13.4. The second-order valence-corrected chi connectivity index (χ2v) is 7.43. The zero-order valence-corrected chi connectivity index (χ0v) is 16.3. The third kappa shape index (κ3) is 4.59. The van der Waals surface area contributed by atoms with E-state index in [0.717, 1.165) is 41.8 Å². The highest BCUT2D eigenvalue weighted by atomic mass is 19.1. The molecule has 1 atom stereocenters. The molecule has 1 aliphatic heterocycles. The van der Waals surface area contributed by atoms with Crippen molar-refractivity contribution in [3.05, 3.63) is 72.3 Å². The Bertz CT molecular complexity index is 1010. The summed E-state index contributed by atoms with van der Waals surface area (Å²) in [6, 6.07) is 14.2. The summed E-state index contributed by atoms with van der Waals surface area (Å²) >= 11 is 0. The summed E-state index contributed by atoms with van der Waals surface area (Å²) in [4.78, 5) is 23.7. The molecule has 4 rings (SSSR count). The maximum atomic E-state index is 13.4. The molecule has 1 aromatic heterocycles. The lowest BCUT2D eigenvalue weighted by atomic mass is 9.97. The van der Waals surface area contributed by atoms with Crippen LogP contribution in [0, 0.1) is 18.7 Å². The van der Waals surface area contributed by atoms with E-state index in [1.807, 2.05) is 42.2 Å². The minimum atomic E-state index is -0.287. The van der Waals surface area contributed by atoms with Crippen LogP contribution in [-0.4, -0.2) is 29.0 Å². The molecule has 0 bridgehead atoms. The van der Waals surface area contributed by atoms with Gasteiger partial charge in [0.1, 0.15) is 5.82 Å². The van der Waals surface area contributed by atoms with Crippen LogP contribution < -0.4 is 10.2 Å². The number of hydrogen-bond acceptors (Lipinski definition) is 4. The Morgan fingerprint density at radius 3 is 2.66 bits per heavy atom. The molecule has 1 aliphatic rings. The highest BCUT2D eigenvalue weighted by Crippen LogP contribution is 2.24. The van der Waals surface area contributed by atoms with E-state index < -0.39 is 0 Å². The highest BCUT2D eigenvalue weighted by molar-refractivity contribution is 5.93. The van der Waals surface area contributed by atoms with Crippen LogP contribution in [0.25, 0.3) is 11.1 Å². The topological polar surface area (TPSA) is 58.1 Å². The lowest BCUT2D eigenvalue weighted by molar-refractivity contribution is -0.120. The molecule has 0 radical (unpaired) electrons. The van der Waals surface area contributed by atoms with Gasteiger partial charge < -0.3 is 10.2 Å². The van der Waals surface area contributed by atoms with Crippen molar-refractivity contribution >= 4 is 17.5 Å².